The van der Waals surface area contributed by atoms with E-state index in [0.29, 0.717) is 30.9 Å². The van der Waals surface area contributed by atoms with Crippen molar-refractivity contribution >= 4 is 11.7 Å². The van der Waals surface area contributed by atoms with Crippen molar-refractivity contribution in [2.24, 2.45) is 11.8 Å². The Hall–Kier alpha value is -1.66. The van der Waals surface area contributed by atoms with Crippen molar-refractivity contribution < 1.29 is 9.90 Å². The van der Waals surface area contributed by atoms with Crippen molar-refractivity contribution in [2.45, 2.75) is 39.2 Å². The Morgan fingerprint density at radius 3 is 2.81 bits per heavy atom. The zero-order chi connectivity index (χ0) is 15.6. The van der Waals surface area contributed by atoms with Crippen LogP contribution < -0.4 is 11.3 Å². The number of hydrogen-bond donors (Lipinski definition) is 3. The second-order valence-corrected chi connectivity index (χ2v) is 6.05. The lowest BCUT2D eigenvalue weighted by Crippen LogP contribution is -2.45. The maximum Gasteiger partial charge on any atom is 0.254 e. The summed E-state index contributed by atoms with van der Waals surface area (Å²) < 4.78 is 0. The van der Waals surface area contributed by atoms with Crippen LogP contribution in [0.2, 0.25) is 0 Å². The summed E-state index contributed by atoms with van der Waals surface area (Å²) in [5, 5.41) is 9.77. The molecule has 1 aliphatic rings. The smallest absolute Gasteiger partial charge is 0.254 e. The van der Waals surface area contributed by atoms with E-state index in [0.717, 1.165) is 5.69 Å². The number of hydrogen-bond acceptors (Lipinski definition) is 5. The monoisotopic (exact) mass is 292 g/mol. The Labute approximate surface area is 125 Å². The van der Waals surface area contributed by atoms with Crippen molar-refractivity contribution in [3.63, 3.8) is 0 Å². The van der Waals surface area contributed by atoms with E-state index in [1.165, 1.54) is 0 Å². The molecule has 0 radical (unpaired) electrons. The van der Waals surface area contributed by atoms with Gasteiger partial charge in [-0.2, -0.15) is 0 Å². The molecule has 1 aromatic rings. The molecule has 2 unspecified atom stereocenters. The number of anilines is 1. The molecule has 6 nitrogen and oxygen atoms in total. The van der Waals surface area contributed by atoms with Crippen LogP contribution in [0.25, 0.3) is 0 Å². The van der Waals surface area contributed by atoms with Crippen LogP contribution >= 0.6 is 0 Å². The molecule has 2 heterocycles. The number of pyridine rings is 1. The molecule has 0 spiro atoms. The minimum atomic E-state index is -0.320. The van der Waals surface area contributed by atoms with Gasteiger partial charge in [0.05, 0.1) is 6.10 Å². The van der Waals surface area contributed by atoms with Crippen LogP contribution in [0.15, 0.2) is 12.1 Å². The van der Waals surface area contributed by atoms with Crippen LogP contribution in [-0.2, 0) is 0 Å². The summed E-state index contributed by atoms with van der Waals surface area (Å²) in [5.74, 6) is 6.21. The van der Waals surface area contributed by atoms with Gasteiger partial charge in [-0.05, 0) is 30.4 Å². The lowest BCUT2D eigenvalue weighted by molar-refractivity contribution is 0.0297. The number of piperidine rings is 1. The molecule has 0 saturated carbocycles. The SMILES string of the molecule is CC(C)c1cc(C(=O)N2CCC(O)C(C)C2)cc(NN)n1. The van der Waals surface area contributed by atoms with Crippen molar-refractivity contribution in [1.82, 2.24) is 9.88 Å². The first kappa shape index (κ1) is 15.7. The second kappa shape index (κ2) is 6.41. The van der Waals surface area contributed by atoms with Gasteiger partial charge in [0.25, 0.3) is 5.91 Å². The highest BCUT2D eigenvalue weighted by Gasteiger charge is 2.28. The quantitative estimate of drug-likeness (QED) is 0.577. The highest BCUT2D eigenvalue weighted by molar-refractivity contribution is 5.95. The third kappa shape index (κ3) is 3.51. The van der Waals surface area contributed by atoms with Crippen molar-refractivity contribution in [3.8, 4) is 0 Å². The first-order valence-electron chi connectivity index (χ1n) is 7.38. The maximum absolute atomic E-state index is 12.6. The van der Waals surface area contributed by atoms with Gasteiger partial charge >= 0.3 is 0 Å². The number of likely N-dealkylation sites (tertiary alicyclic amines) is 1. The number of amides is 1. The average molecular weight is 292 g/mol. The molecule has 2 rings (SSSR count). The van der Waals surface area contributed by atoms with E-state index in [4.69, 9.17) is 5.84 Å². The molecule has 2 atom stereocenters. The first-order chi connectivity index (χ1) is 9.92. The van der Waals surface area contributed by atoms with Crippen LogP contribution in [0.5, 0.6) is 0 Å². The normalized spacial score (nSPS) is 22.5. The molecule has 6 heteroatoms. The van der Waals surface area contributed by atoms with E-state index < -0.39 is 0 Å². The van der Waals surface area contributed by atoms with Gasteiger partial charge in [-0.1, -0.05) is 20.8 Å². The predicted molar refractivity (Wildman–Crippen MR) is 81.8 cm³/mol. The zero-order valence-corrected chi connectivity index (χ0v) is 12.8. The molecule has 1 saturated heterocycles. The van der Waals surface area contributed by atoms with Gasteiger partial charge in [0.15, 0.2) is 0 Å². The Morgan fingerprint density at radius 1 is 1.52 bits per heavy atom. The summed E-state index contributed by atoms with van der Waals surface area (Å²) >= 11 is 0. The standard InChI is InChI=1S/C15H24N4O2/c1-9(2)12-6-11(7-14(17-12)18-16)15(21)19-5-4-13(20)10(3)8-19/h6-7,9-10,13,20H,4-5,8,16H2,1-3H3,(H,17,18). The van der Waals surface area contributed by atoms with Crippen molar-refractivity contribution in [1.29, 1.82) is 0 Å². The third-order valence-electron chi connectivity index (χ3n) is 3.98. The number of carbonyl (C=O) groups excluding carboxylic acids is 1. The molecule has 4 N–H and O–H groups in total. The lowest BCUT2D eigenvalue weighted by atomic mass is 9.96. The molecule has 21 heavy (non-hydrogen) atoms. The Kier molecular flexibility index (Phi) is 4.80. The maximum atomic E-state index is 12.6. The van der Waals surface area contributed by atoms with Crippen molar-refractivity contribution in [3.05, 3.63) is 23.4 Å². The van der Waals surface area contributed by atoms with Gasteiger partial charge in [-0.3, -0.25) is 4.79 Å². The average Bonchev–Trinajstić information content (AvgIpc) is 2.48. The Morgan fingerprint density at radius 2 is 2.24 bits per heavy atom. The molecule has 0 aromatic carbocycles. The molecule has 116 valence electrons. The fourth-order valence-electron chi connectivity index (χ4n) is 2.55. The number of nitrogens with zero attached hydrogens (tertiary/aromatic N) is 2. The van der Waals surface area contributed by atoms with Gasteiger partial charge in [0.1, 0.15) is 5.82 Å². The van der Waals surface area contributed by atoms with Gasteiger partial charge in [0.2, 0.25) is 0 Å². The number of aliphatic hydroxyl groups is 1. The van der Waals surface area contributed by atoms with Crippen LogP contribution in [0.3, 0.4) is 0 Å². The molecule has 1 aromatic heterocycles. The van der Waals surface area contributed by atoms with E-state index in [1.54, 1.807) is 11.0 Å². The van der Waals surface area contributed by atoms with E-state index >= 15 is 0 Å². The summed E-state index contributed by atoms with van der Waals surface area (Å²) in [7, 11) is 0. The lowest BCUT2D eigenvalue weighted by Gasteiger charge is -2.34. The van der Waals surface area contributed by atoms with Crippen molar-refractivity contribution in [2.75, 3.05) is 18.5 Å². The number of hydrazine groups is 1. The molecule has 1 aliphatic heterocycles. The summed E-state index contributed by atoms with van der Waals surface area (Å²) in [6, 6.07) is 3.49. The number of nitrogens with one attached hydrogen (secondary N) is 1. The highest BCUT2D eigenvalue weighted by Crippen LogP contribution is 2.22. The van der Waals surface area contributed by atoms with Gasteiger partial charge in [-0.15, -0.1) is 0 Å². The zero-order valence-electron chi connectivity index (χ0n) is 12.8. The Bertz CT molecular complexity index is 518. The third-order valence-corrected chi connectivity index (χ3v) is 3.98. The summed E-state index contributed by atoms with van der Waals surface area (Å²) in [5.41, 5.74) is 3.93. The number of rotatable bonds is 3. The minimum absolute atomic E-state index is 0.0328. The van der Waals surface area contributed by atoms with E-state index in [2.05, 4.69) is 10.4 Å². The van der Waals surface area contributed by atoms with Crippen LogP contribution in [0, 0.1) is 5.92 Å². The fourth-order valence-corrected chi connectivity index (χ4v) is 2.55. The van der Waals surface area contributed by atoms with E-state index in [-0.39, 0.29) is 23.8 Å². The van der Waals surface area contributed by atoms with Crippen LogP contribution in [0.4, 0.5) is 5.82 Å². The summed E-state index contributed by atoms with van der Waals surface area (Å²) in [4.78, 5) is 18.8. The van der Waals surface area contributed by atoms with Gasteiger partial charge in [-0.25, -0.2) is 10.8 Å². The molecule has 1 amide bonds. The van der Waals surface area contributed by atoms with Gasteiger partial charge < -0.3 is 15.4 Å². The predicted octanol–water partition coefficient (Wildman–Crippen LogP) is 1.33. The highest BCUT2D eigenvalue weighted by atomic mass is 16.3. The molecule has 1 fully saturated rings. The number of nitrogen functional groups attached to an aromatic ring is 1. The molecule has 0 aliphatic carbocycles. The van der Waals surface area contributed by atoms with Crippen LogP contribution in [-0.4, -0.2) is 40.1 Å². The summed E-state index contributed by atoms with van der Waals surface area (Å²) in [6.07, 6.45) is 0.302. The number of nitrogens with two attached hydrogens (primary N) is 1. The molecular formula is C15H24N4O2. The fraction of sp³-hybridized carbons (Fsp3) is 0.600. The first-order valence-corrected chi connectivity index (χ1v) is 7.38. The second-order valence-electron chi connectivity index (χ2n) is 6.05. The number of aliphatic hydroxyl groups excluding tert-OH is 1. The van der Waals surface area contributed by atoms with E-state index in [9.17, 15) is 9.90 Å². The minimum Gasteiger partial charge on any atom is -0.393 e. The molecule has 0 bridgehead atoms. The van der Waals surface area contributed by atoms with Gasteiger partial charge in [0, 0.05) is 24.3 Å². The largest absolute Gasteiger partial charge is 0.393 e. The Balaban J connectivity index is 2.24. The summed E-state index contributed by atoms with van der Waals surface area (Å²) in [6.45, 7) is 7.16. The van der Waals surface area contributed by atoms with Crippen LogP contribution in [0.1, 0.15) is 49.2 Å². The number of carbonyl (C=O) groups is 1. The topological polar surface area (TPSA) is 91.5 Å². The molecular weight excluding hydrogens is 268 g/mol. The van der Waals surface area contributed by atoms with E-state index in [1.807, 2.05) is 26.8 Å². The number of aromatic nitrogens is 1.